The van der Waals surface area contributed by atoms with Crippen LogP contribution in [0.2, 0.25) is 5.02 Å². The lowest BCUT2D eigenvalue weighted by atomic mass is 10.1. The molecular weight excluding hydrogens is 336 g/mol. The molecule has 132 valence electrons. The van der Waals surface area contributed by atoms with Crippen LogP contribution in [-0.2, 0) is 11.2 Å². The molecule has 0 aliphatic rings. The zero-order valence-electron chi connectivity index (χ0n) is 14.3. The second kappa shape index (κ2) is 9.84. The number of carbonyl (C=O) groups is 2. The van der Waals surface area contributed by atoms with Crippen molar-refractivity contribution in [1.82, 2.24) is 5.32 Å². The Hall–Kier alpha value is -2.33. The fourth-order valence-corrected chi connectivity index (χ4v) is 2.61. The first-order valence-electron chi connectivity index (χ1n) is 8.51. The van der Waals surface area contributed by atoms with Crippen molar-refractivity contribution in [1.29, 1.82) is 0 Å². The van der Waals surface area contributed by atoms with Gasteiger partial charge in [0.15, 0.2) is 0 Å². The molecule has 0 radical (unpaired) electrons. The second-order valence-electron chi connectivity index (χ2n) is 5.83. The van der Waals surface area contributed by atoms with E-state index >= 15 is 0 Å². The van der Waals surface area contributed by atoms with Crippen LogP contribution in [0.1, 0.15) is 42.1 Å². The summed E-state index contributed by atoms with van der Waals surface area (Å²) in [4.78, 5) is 24.0. The summed E-state index contributed by atoms with van der Waals surface area (Å²) in [7, 11) is 0. The summed E-state index contributed by atoms with van der Waals surface area (Å²) in [5.74, 6) is -0.417. The average molecular weight is 359 g/mol. The van der Waals surface area contributed by atoms with Gasteiger partial charge in [0.1, 0.15) is 0 Å². The minimum atomic E-state index is -0.279. The lowest BCUT2D eigenvalue weighted by Crippen LogP contribution is -2.27. The Kier molecular flexibility index (Phi) is 7.48. The van der Waals surface area contributed by atoms with E-state index in [0.29, 0.717) is 10.6 Å². The molecular formula is C20H23ClN2O2. The first-order valence-corrected chi connectivity index (χ1v) is 8.89. The van der Waals surface area contributed by atoms with Gasteiger partial charge in [-0.05, 0) is 42.7 Å². The number of aryl methyl sites for hydroxylation is 1. The molecule has 2 rings (SSSR count). The molecule has 5 heteroatoms. The van der Waals surface area contributed by atoms with E-state index in [0.717, 1.165) is 18.5 Å². The zero-order valence-corrected chi connectivity index (χ0v) is 15.1. The molecule has 0 fully saturated rings. The molecule has 25 heavy (non-hydrogen) atoms. The molecule has 0 unspecified atom stereocenters. The molecule has 0 aliphatic carbocycles. The zero-order chi connectivity index (χ0) is 18.1. The van der Waals surface area contributed by atoms with Gasteiger partial charge < -0.3 is 10.6 Å². The van der Waals surface area contributed by atoms with E-state index < -0.39 is 0 Å². The molecule has 0 spiro atoms. The molecule has 2 aromatic rings. The fraction of sp³-hybridized carbons (Fsp3) is 0.300. The van der Waals surface area contributed by atoms with Crippen LogP contribution in [0.25, 0.3) is 0 Å². The fourth-order valence-electron chi connectivity index (χ4n) is 2.39. The predicted octanol–water partition coefficient (Wildman–Crippen LogP) is 4.44. The lowest BCUT2D eigenvalue weighted by molar-refractivity contribution is -0.116. The molecule has 0 saturated heterocycles. The van der Waals surface area contributed by atoms with Crippen LogP contribution in [0.4, 0.5) is 5.69 Å². The summed E-state index contributed by atoms with van der Waals surface area (Å²) in [5.41, 5.74) is 2.45. The van der Waals surface area contributed by atoms with Gasteiger partial charge in [-0.15, -0.1) is 0 Å². The summed E-state index contributed by atoms with van der Waals surface area (Å²) in [6, 6.07) is 14.7. The van der Waals surface area contributed by atoms with E-state index in [1.165, 1.54) is 12.0 Å². The van der Waals surface area contributed by atoms with Crippen molar-refractivity contribution in [2.24, 2.45) is 0 Å². The highest BCUT2D eigenvalue weighted by atomic mass is 35.5. The van der Waals surface area contributed by atoms with E-state index in [-0.39, 0.29) is 24.8 Å². The summed E-state index contributed by atoms with van der Waals surface area (Å²) < 4.78 is 0. The maximum atomic E-state index is 12.0. The number of rotatable bonds is 8. The molecule has 0 aromatic heterocycles. The Morgan fingerprint density at radius 2 is 1.76 bits per heavy atom. The van der Waals surface area contributed by atoms with E-state index in [1.807, 2.05) is 24.3 Å². The van der Waals surface area contributed by atoms with Crippen molar-refractivity contribution >= 4 is 29.1 Å². The Morgan fingerprint density at radius 1 is 1.04 bits per heavy atom. The summed E-state index contributed by atoms with van der Waals surface area (Å²) >= 11 is 5.97. The monoisotopic (exact) mass is 358 g/mol. The Bertz CT molecular complexity index is 714. The van der Waals surface area contributed by atoms with Gasteiger partial charge in [-0.2, -0.15) is 0 Å². The molecule has 0 bridgehead atoms. The van der Waals surface area contributed by atoms with Gasteiger partial charge in [0.2, 0.25) is 5.91 Å². The van der Waals surface area contributed by atoms with Crippen LogP contribution >= 0.6 is 11.6 Å². The molecule has 2 N–H and O–H groups in total. The third kappa shape index (κ3) is 6.24. The van der Waals surface area contributed by atoms with Gasteiger partial charge in [-0.25, -0.2) is 0 Å². The summed E-state index contributed by atoms with van der Waals surface area (Å²) in [6.07, 6.45) is 3.59. The molecule has 2 amide bonds. The standard InChI is InChI=1S/C20H23ClN2O2/c1-2-3-6-15-9-11-16(12-10-15)23-19(24)13-14-22-20(25)17-7-4-5-8-18(17)21/h4-5,7-12H,2-3,6,13-14H2,1H3,(H,22,25)(H,23,24). The maximum absolute atomic E-state index is 12.0. The van der Waals surface area contributed by atoms with E-state index in [4.69, 9.17) is 11.6 Å². The number of benzene rings is 2. The smallest absolute Gasteiger partial charge is 0.252 e. The number of hydrogen-bond acceptors (Lipinski definition) is 2. The van der Waals surface area contributed by atoms with Crippen molar-refractivity contribution in [3.8, 4) is 0 Å². The number of amides is 2. The first kappa shape index (κ1) is 19.0. The third-order valence-electron chi connectivity index (χ3n) is 3.81. The molecule has 0 heterocycles. The number of halogens is 1. The quantitative estimate of drug-likeness (QED) is 0.732. The number of nitrogens with one attached hydrogen (secondary N) is 2. The van der Waals surface area contributed by atoms with Crippen molar-refractivity contribution in [3.05, 3.63) is 64.7 Å². The number of anilines is 1. The second-order valence-corrected chi connectivity index (χ2v) is 6.24. The Morgan fingerprint density at radius 3 is 2.44 bits per heavy atom. The lowest BCUT2D eigenvalue weighted by Gasteiger charge is -2.08. The van der Waals surface area contributed by atoms with E-state index in [2.05, 4.69) is 17.6 Å². The van der Waals surface area contributed by atoms with Crippen LogP contribution in [0.15, 0.2) is 48.5 Å². The Labute approximate surface area is 153 Å². The van der Waals surface area contributed by atoms with Crippen LogP contribution in [0, 0.1) is 0 Å². The van der Waals surface area contributed by atoms with Gasteiger partial charge >= 0.3 is 0 Å². The Balaban J connectivity index is 1.75. The van der Waals surface area contributed by atoms with Gasteiger partial charge in [-0.1, -0.05) is 49.2 Å². The highest BCUT2D eigenvalue weighted by Crippen LogP contribution is 2.14. The third-order valence-corrected chi connectivity index (χ3v) is 4.14. The van der Waals surface area contributed by atoms with Crippen molar-refractivity contribution in [2.75, 3.05) is 11.9 Å². The molecule has 2 aromatic carbocycles. The topological polar surface area (TPSA) is 58.2 Å². The highest BCUT2D eigenvalue weighted by Gasteiger charge is 2.10. The van der Waals surface area contributed by atoms with Gasteiger partial charge in [0.25, 0.3) is 5.91 Å². The minimum Gasteiger partial charge on any atom is -0.351 e. The predicted molar refractivity (Wildman–Crippen MR) is 102 cm³/mol. The first-order chi connectivity index (χ1) is 12.1. The minimum absolute atomic E-state index is 0.138. The van der Waals surface area contributed by atoms with Crippen molar-refractivity contribution in [3.63, 3.8) is 0 Å². The number of hydrogen-bond donors (Lipinski definition) is 2. The summed E-state index contributed by atoms with van der Waals surface area (Å²) in [6.45, 7) is 2.42. The van der Waals surface area contributed by atoms with Crippen LogP contribution in [-0.4, -0.2) is 18.4 Å². The largest absolute Gasteiger partial charge is 0.351 e. The van der Waals surface area contributed by atoms with Crippen molar-refractivity contribution in [2.45, 2.75) is 32.6 Å². The number of unbranched alkanes of at least 4 members (excludes halogenated alkanes) is 1. The highest BCUT2D eigenvalue weighted by molar-refractivity contribution is 6.33. The molecule has 4 nitrogen and oxygen atoms in total. The van der Waals surface area contributed by atoms with Crippen LogP contribution in [0.3, 0.4) is 0 Å². The van der Waals surface area contributed by atoms with E-state index in [1.54, 1.807) is 24.3 Å². The van der Waals surface area contributed by atoms with Gasteiger partial charge in [0.05, 0.1) is 10.6 Å². The SMILES string of the molecule is CCCCc1ccc(NC(=O)CCNC(=O)c2ccccc2Cl)cc1. The van der Waals surface area contributed by atoms with E-state index in [9.17, 15) is 9.59 Å². The van der Waals surface area contributed by atoms with Crippen LogP contribution in [0.5, 0.6) is 0 Å². The van der Waals surface area contributed by atoms with Crippen molar-refractivity contribution < 1.29 is 9.59 Å². The van der Waals surface area contributed by atoms with Crippen LogP contribution < -0.4 is 10.6 Å². The van der Waals surface area contributed by atoms with Gasteiger partial charge in [0, 0.05) is 18.7 Å². The maximum Gasteiger partial charge on any atom is 0.252 e. The number of carbonyl (C=O) groups excluding carboxylic acids is 2. The average Bonchev–Trinajstić information content (AvgIpc) is 2.61. The summed E-state index contributed by atoms with van der Waals surface area (Å²) in [5, 5.41) is 5.93. The molecule has 0 saturated carbocycles. The molecule has 0 aliphatic heterocycles. The molecule has 0 atom stereocenters. The normalized spacial score (nSPS) is 10.3. The van der Waals surface area contributed by atoms with Gasteiger partial charge in [-0.3, -0.25) is 9.59 Å².